The molecule has 1 unspecified atom stereocenters. The third-order valence-electron chi connectivity index (χ3n) is 2.49. The van der Waals surface area contributed by atoms with Crippen LogP contribution in [0.25, 0.3) is 0 Å². The van der Waals surface area contributed by atoms with E-state index in [1.54, 1.807) is 0 Å². The number of benzene rings is 1. The molecule has 0 fully saturated rings. The van der Waals surface area contributed by atoms with Crippen LogP contribution in [0.1, 0.15) is 13.8 Å². The van der Waals surface area contributed by atoms with Gasteiger partial charge in [-0.15, -0.1) is 0 Å². The Hall–Kier alpha value is -1.43. The monoisotopic (exact) mass is 345 g/mol. The first-order chi connectivity index (χ1) is 9.62. The minimum absolute atomic E-state index is 0.323. The molecule has 1 aromatic rings. The number of hydrogen-bond acceptors (Lipinski definition) is 5. The summed E-state index contributed by atoms with van der Waals surface area (Å²) in [5, 5.41) is 3.16. The summed E-state index contributed by atoms with van der Waals surface area (Å²) in [7, 11) is 1.36. The average molecular weight is 346 g/mol. The van der Waals surface area contributed by atoms with Crippen LogP contribution >= 0.6 is 15.9 Å². The fraction of sp³-hybridized carbons (Fsp3) is 0.500. The molecular weight excluding hydrogens is 326 g/mol. The summed E-state index contributed by atoms with van der Waals surface area (Å²) in [6, 6.07) is 5.55. The Bertz CT molecular complexity index is 439. The van der Waals surface area contributed by atoms with Crippen LogP contribution in [0, 0.1) is 0 Å². The fourth-order valence-corrected chi connectivity index (χ4v) is 1.94. The molecule has 1 atom stereocenters. The summed E-state index contributed by atoms with van der Waals surface area (Å²) in [5.74, 6) is 1.15. The fourth-order valence-electron chi connectivity index (χ4n) is 1.60. The second-order valence-corrected chi connectivity index (χ2v) is 5.00. The van der Waals surface area contributed by atoms with E-state index in [4.69, 9.17) is 9.47 Å². The lowest BCUT2D eigenvalue weighted by Crippen LogP contribution is -2.24. The van der Waals surface area contributed by atoms with Crippen molar-refractivity contribution >= 4 is 27.6 Å². The summed E-state index contributed by atoms with van der Waals surface area (Å²) >= 11 is 3.26. The maximum absolute atomic E-state index is 11.3. The zero-order valence-electron chi connectivity index (χ0n) is 11.9. The van der Waals surface area contributed by atoms with Gasteiger partial charge in [0, 0.05) is 12.6 Å². The first-order valence-corrected chi connectivity index (χ1v) is 7.39. The Labute approximate surface area is 127 Å². The van der Waals surface area contributed by atoms with Crippen molar-refractivity contribution < 1.29 is 19.0 Å². The van der Waals surface area contributed by atoms with Crippen molar-refractivity contribution in [2.75, 3.05) is 32.2 Å². The standard InChI is InChI=1S/C14H20BrNO4/c1-4-19-10-6-7-13(20-5-2)12(8-10)16-9-11(15)14(17)18-3/h6-8,11,16H,4-5,9H2,1-3H3. The Morgan fingerprint density at radius 2 is 2.00 bits per heavy atom. The summed E-state index contributed by atoms with van der Waals surface area (Å²) in [6.45, 7) is 5.40. The Morgan fingerprint density at radius 3 is 2.60 bits per heavy atom. The molecule has 20 heavy (non-hydrogen) atoms. The molecule has 0 radical (unpaired) electrons. The van der Waals surface area contributed by atoms with Crippen molar-refractivity contribution in [2.45, 2.75) is 18.7 Å². The van der Waals surface area contributed by atoms with Gasteiger partial charge in [0.1, 0.15) is 16.3 Å². The second-order valence-electron chi connectivity index (χ2n) is 3.90. The number of carbonyl (C=O) groups excluding carboxylic acids is 1. The number of carbonyl (C=O) groups is 1. The van der Waals surface area contributed by atoms with Crippen molar-refractivity contribution in [3.8, 4) is 11.5 Å². The van der Waals surface area contributed by atoms with Crippen LogP contribution in [0.2, 0.25) is 0 Å². The van der Waals surface area contributed by atoms with Crippen molar-refractivity contribution in [1.29, 1.82) is 0 Å². The van der Waals surface area contributed by atoms with E-state index in [9.17, 15) is 4.79 Å². The number of hydrogen-bond donors (Lipinski definition) is 1. The third kappa shape index (κ3) is 4.92. The molecule has 1 N–H and O–H groups in total. The van der Waals surface area contributed by atoms with E-state index in [0.717, 1.165) is 17.2 Å². The van der Waals surface area contributed by atoms with Gasteiger partial charge in [0.15, 0.2) is 0 Å². The maximum atomic E-state index is 11.3. The van der Waals surface area contributed by atoms with Crippen LogP contribution in [0.15, 0.2) is 18.2 Å². The highest BCUT2D eigenvalue weighted by Crippen LogP contribution is 2.29. The molecule has 0 heterocycles. The van der Waals surface area contributed by atoms with Crippen LogP contribution in [0.4, 0.5) is 5.69 Å². The number of nitrogens with one attached hydrogen (secondary N) is 1. The molecule has 0 spiro atoms. The number of esters is 1. The number of anilines is 1. The quantitative estimate of drug-likeness (QED) is 0.579. The molecule has 0 bridgehead atoms. The molecule has 0 saturated heterocycles. The van der Waals surface area contributed by atoms with Gasteiger partial charge in [-0.25, -0.2) is 0 Å². The van der Waals surface area contributed by atoms with Gasteiger partial charge in [0.2, 0.25) is 0 Å². The molecule has 1 aromatic carbocycles. The first-order valence-electron chi connectivity index (χ1n) is 6.47. The second kappa shape index (κ2) is 8.68. The van der Waals surface area contributed by atoms with Crippen LogP contribution < -0.4 is 14.8 Å². The lowest BCUT2D eigenvalue weighted by molar-refractivity contribution is -0.139. The molecule has 1 rings (SSSR count). The number of halogens is 1. The molecular formula is C14H20BrNO4. The molecule has 0 aliphatic carbocycles. The summed E-state index contributed by atoms with van der Waals surface area (Å²) in [6.07, 6.45) is 0. The third-order valence-corrected chi connectivity index (χ3v) is 3.19. The Morgan fingerprint density at radius 1 is 1.30 bits per heavy atom. The van der Waals surface area contributed by atoms with Gasteiger partial charge in [-0.3, -0.25) is 4.79 Å². The number of alkyl halides is 1. The van der Waals surface area contributed by atoms with Crippen LogP contribution in [0.3, 0.4) is 0 Å². The highest BCUT2D eigenvalue weighted by molar-refractivity contribution is 9.10. The van der Waals surface area contributed by atoms with Crippen LogP contribution in [-0.2, 0) is 9.53 Å². The van der Waals surface area contributed by atoms with Crippen molar-refractivity contribution in [2.24, 2.45) is 0 Å². The molecule has 0 aromatic heterocycles. The van der Waals surface area contributed by atoms with Gasteiger partial charge in [0.05, 0.1) is 26.0 Å². The van der Waals surface area contributed by atoms with Crippen LogP contribution in [-0.4, -0.2) is 37.7 Å². The van der Waals surface area contributed by atoms with E-state index in [-0.39, 0.29) is 5.97 Å². The molecule has 0 amide bonds. The zero-order valence-corrected chi connectivity index (χ0v) is 13.5. The van der Waals surface area contributed by atoms with E-state index in [1.807, 2.05) is 32.0 Å². The molecule has 5 nitrogen and oxygen atoms in total. The van der Waals surface area contributed by atoms with Gasteiger partial charge in [0.25, 0.3) is 0 Å². The number of methoxy groups -OCH3 is 1. The molecule has 0 saturated carbocycles. The minimum Gasteiger partial charge on any atom is -0.494 e. The van der Waals surface area contributed by atoms with Gasteiger partial charge in [-0.05, 0) is 26.0 Å². The smallest absolute Gasteiger partial charge is 0.321 e. The predicted octanol–water partition coefficient (Wildman–Crippen LogP) is 2.83. The minimum atomic E-state index is -0.419. The molecule has 112 valence electrons. The van der Waals surface area contributed by atoms with Crippen molar-refractivity contribution in [3.63, 3.8) is 0 Å². The summed E-state index contributed by atoms with van der Waals surface area (Å²) in [5.41, 5.74) is 0.783. The van der Waals surface area contributed by atoms with E-state index in [1.165, 1.54) is 7.11 Å². The molecule has 0 aliphatic heterocycles. The predicted molar refractivity (Wildman–Crippen MR) is 82.0 cm³/mol. The summed E-state index contributed by atoms with van der Waals surface area (Å²) < 4.78 is 15.7. The van der Waals surface area contributed by atoms with Gasteiger partial charge >= 0.3 is 5.97 Å². The number of ether oxygens (including phenoxy) is 3. The summed E-state index contributed by atoms with van der Waals surface area (Å²) in [4.78, 5) is 10.9. The first kappa shape index (κ1) is 16.6. The zero-order chi connectivity index (χ0) is 15.0. The lowest BCUT2D eigenvalue weighted by Gasteiger charge is -2.15. The maximum Gasteiger partial charge on any atom is 0.321 e. The van der Waals surface area contributed by atoms with Crippen molar-refractivity contribution in [1.82, 2.24) is 0 Å². The van der Waals surface area contributed by atoms with Crippen LogP contribution in [0.5, 0.6) is 11.5 Å². The normalized spacial score (nSPS) is 11.6. The molecule has 0 aliphatic rings. The highest BCUT2D eigenvalue weighted by Gasteiger charge is 2.16. The number of rotatable bonds is 8. The largest absolute Gasteiger partial charge is 0.494 e. The van der Waals surface area contributed by atoms with Gasteiger partial charge in [-0.2, -0.15) is 0 Å². The SMILES string of the molecule is CCOc1ccc(OCC)c(NCC(Br)C(=O)OC)c1. The lowest BCUT2D eigenvalue weighted by atomic mass is 10.2. The Kier molecular flexibility index (Phi) is 7.22. The highest BCUT2D eigenvalue weighted by atomic mass is 79.9. The van der Waals surface area contributed by atoms with Crippen molar-refractivity contribution in [3.05, 3.63) is 18.2 Å². The van der Waals surface area contributed by atoms with Gasteiger partial charge < -0.3 is 19.5 Å². The van der Waals surface area contributed by atoms with Gasteiger partial charge in [-0.1, -0.05) is 15.9 Å². The van der Waals surface area contributed by atoms with E-state index < -0.39 is 4.83 Å². The van der Waals surface area contributed by atoms with E-state index in [2.05, 4.69) is 26.0 Å². The Balaban J connectivity index is 2.78. The average Bonchev–Trinajstić information content (AvgIpc) is 2.46. The topological polar surface area (TPSA) is 56.8 Å². The molecule has 6 heteroatoms. The van der Waals surface area contributed by atoms with E-state index in [0.29, 0.717) is 19.8 Å². The van der Waals surface area contributed by atoms with E-state index >= 15 is 0 Å².